The van der Waals surface area contributed by atoms with Gasteiger partial charge in [-0.25, -0.2) is 0 Å². The van der Waals surface area contributed by atoms with Crippen LogP contribution in [0.15, 0.2) is 70.1 Å². The molecule has 1 aromatic heterocycles. The number of aryl methyl sites for hydroxylation is 1. The summed E-state index contributed by atoms with van der Waals surface area (Å²) in [7, 11) is 0. The lowest BCUT2D eigenvalue weighted by Gasteiger charge is -2.11. The molecule has 1 unspecified atom stereocenters. The topological polar surface area (TPSA) is 50.4 Å². The number of hydrogen-bond donors (Lipinski definition) is 1. The highest BCUT2D eigenvalue weighted by Crippen LogP contribution is 2.15. The van der Waals surface area contributed by atoms with Gasteiger partial charge in [-0.2, -0.15) is 0 Å². The van der Waals surface area contributed by atoms with Crippen molar-refractivity contribution in [2.75, 3.05) is 0 Å². The Morgan fingerprint density at radius 1 is 1.00 bits per heavy atom. The Bertz CT molecular complexity index is 806. The minimum absolute atomic E-state index is 0.0538. The minimum Gasteiger partial charge on any atom is -0.464 e. The van der Waals surface area contributed by atoms with Gasteiger partial charge in [0.15, 0.2) is 5.43 Å². The first kappa shape index (κ1) is 14.5. The Morgan fingerprint density at radius 3 is 2.64 bits per heavy atom. The molecule has 3 rings (SSSR count). The van der Waals surface area contributed by atoms with Crippen LogP contribution in [0.2, 0.25) is 0 Å². The molecule has 0 fully saturated rings. The molecule has 0 aliphatic heterocycles. The van der Waals surface area contributed by atoms with E-state index < -0.39 is 6.10 Å². The van der Waals surface area contributed by atoms with Gasteiger partial charge >= 0.3 is 0 Å². The average molecular weight is 294 g/mol. The Morgan fingerprint density at radius 2 is 1.82 bits per heavy atom. The van der Waals surface area contributed by atoms with Crippen LogP contribution in [0.5, 0.6) is 0 Å². The summed E-state index contributed by atoms with van der Waals surface area (Å²) in [5, 5.41) is 10.8. The molecular weight excluding hydrogens is 276 g/mol. The van der Waals surface area contributed by atoms with Crippen LogP contribution in [0.25, 0.3) is 11.0 Å². The number of hydrogen-bond acceptors (Lipinski definition) is 3. The lowest BCUT2D eigenvalue weighted by molar-refractivity contribution is 0.165. The quantitative estimate of drug-likeness (QED) is 0.785. The highest BCUT2D eigenvalue weighted by molar-refractivity contribution is 5.76. The molecule has 3 heteroatoms. The second-order valence-electron chi connectivity index (χ2n) is 5.50. The molecule has 0 aliphatic rings. The third-order valence-corrected chi connectivity index (χ3v) is 3.80. The van der Waals surface area contributed by atoms with E-state index in [0.717, 1.165) is 12.0 Å². The number of benzene rings is 2. The fourth-order valence-corrected chi connectivity index (χ4v) is 2.61. The van der Waals surface area contributed by atoms with E-state index in [1.165, 1.54) is 17.9 Å². The number of aliphatic hydroxyl groups is 1. The van der Waals surface area contributed by atoms with Gasteiger partial charge in [-0.15, -0.1) is 0 Å². The first-order valence-corrected chi connectivity index (χ1v) is 7.45. The molecule has 0 saturated heterocycles. The molecule has 1 atom stereocenters. The van der Waals surface area contributed by atoms with E-state index >= 15 is 0 Å². The van der Waals surface area contributed by atoms with Crippen molar-refractivity contribution in [2.24, 2.45) is 0 Å². The van der Waals surface area contributed by atoms with Gasteiger partial charge < -0.3 is 9.52 Å². The normalized spacial score (nSPS) is 12.4. The summed E-state index contributed by atoms with van der Waals surface area (Å²) >= 11 is 0. The van der Waals surface area contributed by atoms with Gasteiger partial charge in [0, 0.05) is 6.07 Å². The molecule has 3 aromatic rings. The van der Waals surface area contributed by atoms with E-state index in [1.807, 2.05) is 30.3 Å². The minimum atomic E-state index is -0.423. The fourth-order valence-electron chi connectivity index (χ4n) is 2.61. The Hall–Kier alpha value is -2.39. The van der Waals surface area contributed by atoms with Gasteiger partial charge in [-0.3, -0.25) is 4.79 Å². The Kier molecular flexibility index (Phi) is 4.35. The number of rotatable bonds is 5. The van der Waals surface area contributed by atoms with Gasteiger partial charge in [-0.05, 0) is 42.5 Å². The molecular formula is C19H18O3. The first-order valence-electron chi connectivity index (χ1n) is 7.45. The van der Waals surface area contributed by atoms with E-state index in [4.69, 9.17) is 4.42 Å². The number of aliphatic hydroxyl groups excluding tert-OH is 1. The average Bonchev–Trinajstić information content (AvgIpc) is 2.55. The summed E-state index contributed by atoms with van der Waals surface area (Å²) in [5.74, 6) is 0. The fraction of sp³-hybridized carbons (Fsp3) is 0.211. The summed E-state index contributed by atoms with van der Waals surface area (Å²) in [6.45, 7) is 0. The van der Waals surface area contributed by atoms with Crippen LogP contribution in [0, 0.1) is 0 Å². The van der Waals surface area contributed by atoms with Crippen molar-refractivity contribution >= 4 is 11.0 Å². The zero-order chi connectivity index (χ0) is 15.4. The summed E-state index contributed by atoms with van der Waals surface area (Å²) in [6.07, 6.45) is 3.06. The van der Waals surface area contributed by atoms with Crippen LogP contribution in [0.4, 0.5) is 0 Å². The van der Waals surface area contributed by atoms with E-state index in [-0.39, 0.29) is 5.43 Å². The molecule has 0 bridgehead atoms. The summed E-state index contributed by atoms with van der Waals surface area (Å²) in [6, 6.07) is 17.0. The molecule has 22 heavy (non-hydrogen) atoms. The van der Waals surface area contributed by atoms with E-state index in [1.54, 1.807) is 6.07 Å². The molecule has 0 radical (unpaired) electrons. The lowest BCUT2D eigenvalue weighted by atomic mass is 10.0. The van der Waals surface area contributed by atoms with Crippen molar-refractivity contribution in [1.29, 1.82) is 0 Å². The van der Waals surface area contributed by atoms with Crippen LogP contribution in [-0.2, 0) is 12.8 Å². The second-order valence-corrected chi connectivity index (χ2v) is 5.50. The molecule has 1 heterocycles. The largest absolute Gasteiger partial charge is 0.464 e. The SMILES string of the molecule is O=c1ccoc2ccc(CC(O)CCc3ccccc3)cc12. The third kappa shape index (κ3) is 3.43. The lowest BCUT2D eigenvalue weighted by Crippen LogP contribution is -2.12. The zero-order valence-corrected chi connectivity index (χ0v) is 12.2. The van der Waals surface area contributed by atoms with E-state index in [2.05, 4.69) is 12.1 Å². The van der Waals surface area contributed by atoms with Crippen LogP contribution < -0.4 is 5.43 Å². The maximum atomic E-state index is 11.8. The molecule has 0 aliphatic carbocycles. The molecule has 0 amide bonds. The maximum Gasteiger partial charge on any atom is 0.192 e. The van der Waals surface area contributed by atoms with E-state index in [9.17, 15) is 9.90 Å². The molecule has 0 saturated carbocycles. The maximum absolute atomic E-state index is 11.8. The zero-order valence-electron chi connectivity index (χ0n) is 12.2. The molecule has 112 valence electrons. The highest BCUT2D eigenvalue weighted by atomic mass is 16.3. The molecule has 3 nitrogen and oxygen atoms in total. The molecule has 2 aromatic carbocycles. The van der Waals surface area contributed by atoms with Crippen molar-refractivity contribution in [3.8, 4) is 0 Å². The first-order chi connectivity index (χ1) is 10.7. The van der Waals surface area contributed by atoms with Gasteiger partial charge in [0.2, 0.25) is 0 Å². The summed E-state index contributed by atoms with van der Waals surface area (Å²) < 4.78 is 5.30. The summed E-state index contributed by atoms with van der Waals surface area (Å²) in [5.41, 5.74) is 2.70. The van der Waals surface area contributed by atoms with Gasteiger partial charge in [0.1, 0.15) is 5.58 Å². The highest BCUT2D eigenvalue weighted by Gasteiger charge is 2.08. The molecule has 1 N–H and O–H groups in total. The van der Waals surface area contributed by atoms with Gasteiger partial charge in [-0.1, -0.05) is 36.4 Å². The van der Waals surface area contributed by atoms with Crippen molar-refractivity contribution in [2.45, 2.75) is 25.4 Å². The van der Waals surface area contributed by atoms with Gasteiger partial charge in [0.25, 0.3) is 0 Å². The van der Waals surface area contributed by atoms with E-state index in [0.29, 0.717) is 23.8 Å². The Balaban J connectivity index is 1.67. The van der Waals surface area contributed by atoms with Crippen molar-refractivity contribution < 1.29 is 9.52 Å². The third-order valence-electron chi connectivity index (χ3n) is 3.80. The standard InChI is InChI=1S/C19H18O3/c20-16(8-6-14-4-2-1-3-5-14)12-15-7-9-19-17(13-15)18(21)10-11-22-19/h1-5,7,9-11,13,16,20H,6,8,12H2. The number of fused-ring (bicyclic) bond motifs is 1. The van der Waals surface area contributed by atoms with Crippen LogP contribution >= 0.6 is 0 Å². The van der Waals surface area contributed by atoms with Crippen molar-refractivity contribution in [3.05, 3.63) is 82.2 Å². The predicted octanol–water partition coefficient (Wildman–Crippen LogP) is 3.33. The van der Waals surface area contributed by atoms with Gasteiger partial charge in [0.05, 0.1) is 17.8 Å². The molecule has 0 spiro atoms. The second kappa shape index (κ2) is 6.58. The van der Waals surface area contributed by atoms with Crippen molar-refractivity contribution in [3.63, 3.8) is 0 Å². The van der Waals surface area contributed by atoms with Crippen LogP contribution in [-0.4, -0.2) is 11.2 Å². The Labute approximate surface area is 128 Å². The monoisotopic (exact) mass is 294 g/mol. The predicted molar refractivity (Wildman–Crippen MR) is 87.0 cm³/mol. The van der Waals surface area contributed by atoms with Crippen LogP contribution in [0.1, 0.15) is 17.5 Å². The van der Waals surface area contributed by atoms with Crippen LogP contribution in [0.3, 0.4) is 0 Å². The summed E-state index contributed by atoms with van der Waals surface area (Å²) in [4.78, 5) is 11.8. The van der Waals surface area contributed by atoms with Crippen molar-refractivity contribution in [1.82, 2.24) is 0 Å². The smallest absolute Gasteiger partial charge is 0.192 e.